The van der Waals surface area contributed by atoms with Crippen LogP contribution in [0.15, 0.2) is 18.6 Å². The first-order chi connectivity index (χ1) is 9.63. The molecule has 0 amide bonds. The van der Waals surface area contributed by atoms with Crippen molar-refractivity contribution < 1.29 is 0 Å². The van der Waals surface area contributed by atoms with Crippen LogP contribution in [0.5, 0.6) is 0 Å². The fourth-order valence-electron chi connectivity index (χ4n) is 2.61. The van der Waals surface area contributed by atoms with Crippen molar-refractivity contribution in [2.75, 3.05) is 51.3 Å². The third-order valence-corrected chi connectivity index (χ3v) is 3.88. The highest BCUT2D eigenvalue weighted by atomic mass is 15.3. The van der Waals surface area contributed by atoms with Gasteiger partial charge in [0.2, 0.25) is 0 Å². The topological polar surface area (TPSA) is 74.7 Å². The lowest BCUT2D eigenvalue weighted by Crippen LogP contribution is -2.52. The van der Waals surface area contributed by atoms with E-state index in [0.29, 0.717) is 11.9 Å². The lowest BCUT2D eigenvalue weighted by Gasteiger charge is -2.37. The first-order valence-electron chi connectivity index (χ1n) is 6.85. The largest absolute Gasteiger partial charge is 0.382 e. The van der Waals surface area contributed by atoms with Gasteiger partial charge in [-0.1, -0.05) is 0 Å². The summed E-state index contributed by atoms with van der Waals surface area (Å²) >= 11 is 0. The summed E-state index contributed by atoms with van der Waals surface area (Å²) in [5.41, 5.74) is 6.63. The number of nitrogens with two attached hydrogens (primary N) is 1. The molecular formula is C13H21N7. The normalized spacial score (nSPS) is 21.4. The van der Waals surface area contributed by atoms with Crippen LogP contribution in [0, 0.1) is 0 Å². The number of imidazole rings is 1. The molecule has 0 bridgehead atoms. The molecule has 1 atom stereocenters. The van der Waals surface area contributed by atoms with Crippen molar-refractivity contribution in [2.45, 2.75) is 6.04 Å². The molecular weight excluding hydrogens is 254 g/mol. The number of hydrogen-bond acceptors (Lipinski definition) is 6. The van der Waals surface area contributed by atoms with Crippen LogP contribution in [0.3, 0.4) is 0 Å². The molecule has 1 unspecified atom stereocenters. The summed E-state index contributed by atoms with van der Waals surface area (Å²) < 4.78 is 1.89. The molecule has 20 heavy (non-hydrogen) atoms. The molecule has 7 heteroatoms. The number of hydrogen-bond donors (Lipinski definition) is 2. The van der Waals surface area contributed by atoms with Gasteiger partial charge in [-0.3, -0.25) is 4.90 Å². The zero-order valence-corrected chi connectivity index (χ0v) is 12.0. The minimum absolute atomic E-state index is 0.465. The number of nitrogens with one attached hydrogen (secondary N) is 1. The Hall–Kier alpha value is -1.86. The van der Waals surface area contributed by atoms with E-state index < -0.39 is 0 Å². The predicted molar refractivity (Wildman–Crippen MR) is 79.8 cm³/mol. The average molecular weight is 275 g/mol. The molecule has 108 valence electrons. The minimum atomic E-state index is 0.465. The molecule has 0 aliphatic carbocycles. The average Bonchev–Trinajstić information content (AvgIpc) is 2.87. The Bertz CT molecular complexity index is 593. The summed E-state index contributed by atoms with van der Waals surface area (Å²) in [5, 5.41) is 3.39. The number of likely N-dealkylation sites (N-methyl/N-ethyl adjacent to an activating group) is 2. The molecule has 3 rings (SSSR count). The first kappa shape index (κ1) is 13.1. The van der Waals surface area contributed by atoms with Crippen LogP contribution in [0.4, 0.5) is 11.6 Å². The molecule has 0 aromatic carbocycles. The third-order valence-electron chi connectivity index (χ3n) is 3.88. The molecule has 0 saturated carbocycles. The van der Waals surface area contributed by atoms with Crippen molar-refractivity contribution in [3.05, 3.63) is 18.6 Å². The second-order valence-corrected chi connectivity index (χ2v) is 5.45. The van der Waals surface area contributed by atoms with Crippen molar-refractivity contribution in [2.24, 2.45) is 0 Å². The number of fused-ring (bicyclic) bond motifs is 1. The molecule has 2 aromatic rings. The lowest BCUT2D eigenvalue weighted by molar-refractivity contribution is 0.122. The van der Waals surface area contributed by atoms with Crippen molar-refractivity contribution in [1.29, 1.82) is 0 Å². The Kier molecular flexibility index (Phi) is 3.45. The van der Waals surface area contributed by atoms with Gasteiger partial charge in [-0.25, -0.2) is 9.97 Å². The van der Waals surface area contributed by atoms with Crippen molar-refractivity contribution >= 4 is 17.3 Å². The van der Waals surface area contributed by atoms with Gasteiger partial charge in [-0.2, -0.15) is 0 Å². The highest BCUT2D eigenvalue weighted by Gasteiger charge is 2.22. The van der Waals surface area contributed by atoms with Gasteiger partial charge >= 0.3 is 0 Å². The summed E-state index contributed by atoms with van der Waals surface area (Å²) in [6.07, 6.45) is 5.40. The van der Waals surface area contributed by atoms with Crippen molar-refractivity contribution in [1.82, 2.24) is 24.2 Å². The van der Waals surface area contributed by atoms with Gasteiger partial charge in [0.25, 0.3) is 0 Å². The summed E-state index contributed by atoms with van der Waals surface area (Å²) in [6.45, 7) is 4.09. The summed E-state index contributed by atoms with van der Waals surface area (Å²) in [7, 11) is 4.32. The third kappa shape index (κ3) is 2.54. The Balaban J connectivity index is 1.74. The monoisotopic (exact) mass is 275 g/mol. The zero-order chi connectivity index (χ0) is 14.1. The standard InChI is InChI=1S/C13H21N7/c1-18-5-6-19(2)10(8-18)7-16-12-13-15-3-4-20(13)9-11(14)17-12/h3-4,9-10H,5-8,14H2,1-2H3,(H,16,17). The maximum atomic E-state index is 5.82. The zero-order valence-electron chi connectivity index (χ0n) is 12.0. The van der Waals surface area contributed by atoms with E-state index in [4.69, 9.17) is 5.73 Å². The molecule has 0 spiro atoms. The van der Waals surface area contributed by atoms with Crippen molar-refractivity contribution in [3.63, 3.8) is 0 Å². The lowest BCUT2D eigenvalue weighted by atomic mass is 10.2. The van der Waals surface area contributed by atoms with Crippen LogP contribution < -0.4 is 11.1 Å². The number of nitrogen functional groups attached to an aromatic ring is 1. The second-order valence-electron chi connectivity index (χ2n) is 5.45. The Labute approximate surface area is 118 Å². The highest BCUT2D eigenvalue weighted by Crippen LogP contribution is 2.15. The number of anilines is 2. The quantitative estimate of drug-likeness (QED) is 0.819. The van der Waals surface area contributed by atoms with Gasteiger partial charge in [0.1, 0.15) is 5.82 Å². The highest BCUT2D eigenvalue weighted by molar-refractivity contribution is 5.64. The predicted octanol–water partition coefficient (Wildman–Crippen LogP) is -0.0308. The van der Waals surface area contributed by atoms with Crippen molar-refractivity contribution in [3.8, 4) is 0 Å². The SMILES string of the molecule is CN1CCN(C)C(CNc2nc(N)cn3ccnc23)C1. The van der Waals surface area contributed by atoms with E-state index in [0.717, 1.165) is 37.6 Å². The molecule has 3 N–H and O–H groups in total. The summed E-state index contributed by atoms with van der Waals surface area (Å²) in [5.74, 6) is 1.24. The van der Waals surface area contributed by atoms with Gasteiger partial charge in [-0.15, -0.1) is 0 Å². The number of piperazine rings is 1. The van der Waals surface area contributed by atoms with Gasteiger partial charge in [0, 0.05) is 44.6 Å². The maximum Gasteiger partial charge on any atom is 0.180 e. The molecule has 2 aromatic heterocycles. The number of nitrogens with zero attached hydrogens (tertiary/aromatic N) is 5. The molecule has 7 nitrogen and oxygen atoms in total. The van der Waals surface area contributed by atoms with E-state index in [1.165, 1.54) is 0 Å². The van der Waals surface area contributed by atoms with E-state index in [2.05, 4.69) is 39.2 Å². The van der Waals surface area contributed by atoms with Crippen LogP contribution in [0.25, 0.3) is 5.65 Å². The maximum absolute atomic E-state index is 5.82. The molecule has 1 aliphatic heterocycles. The first-order valence-corrected chi connectivity index (χ1v) is 6.85. The van der Waals surface area contributed by atoms with E-state index in [1.54, 1.807) is 12.4 Å². The molecule has 1 fully saturated rings. The van der Waals surface area contributed by atoms with Gasteiger partial charge in [0.15, 0.2) is 11.5 Å². The Morgan fingerprint density at radius 3 is 3.10 bits per heavy atom. The van der Waals surface area contributed by atoms with Gasteiger partial charge in [-0.05, 0) is 14.1 Å². The van der Waals surface area contributed by atoms with Gasteiger partial charge < -0.3 is 20.4 Å². The van der Waals surface area contributed by atoms with E-state index >= 15 is 0 Å². The molecule has 1 saturated heterocycles. The Morgan fingerprint density at radius 2 is 2.25 bits per heavy atom. The van der Waals surface area contributed by atoms with Crippen LogP contribution in [0.2, 0.25) is 0 Å². The number of aromatic nitrogens is 3. The Morgan fingerprint density at radius 1 is 1.40 bits per heavy atom. The van der Waals surface area contributed by atoms with E-state index in [1.807, 2.05) is 10.6 Å². The van der Waals surface area contributed by atoms with E-state index in [-0.39, 0.29) is 0 Å². The molecule has 0 radical (unpaired) electrons. The van der Waals surface area contributed by atoms with Crippen LogP contribution in [-0.2, 0) is 0 Å². The smallest absolute Gasteiger partial charge is 0.180 e. The van der Waals surface area contributed by atoms with Gasteiger partial charge in [0.05, 0.1) is 6.20 Å². The second kappa shape index (κ2) is 5.26. The number of rotatable bonds is 3. The fourth-order valence-corrected chi connectivity index (χ4v) is 2.61. The molecule has 3 heterocycles. The summed E-state index contributed by atoms with van der Waals surface area (Å²) in [4.78, 5) is 13.4. The van der Waals surface area contributed by atoms with Crippen LogP contribution in [-0.4, -0.2) is 70.5 Å². The van der Waals surface area contributed by atoms with E-state index in [9.17, 15) is 0 Å². The van der Waals surface area contributed by atoms with Crippen LogP contribution >= 0.6 is 0 Å². The molecule has 1 aliphatic rings. The minimum Gasteiger partial charge on any atom is -0.382 e. The fraction of sp³-hybridized carbons (Fsp3) is 0.538. The summed E-state index contributed by atoms with van der Waals surface area (Å²) in [6, 6.07) is 0.465. The van der Waals surface area contributed by atoms with Crippen LogP contribution in [0.1, 0.15) is 0 Å².